The molecule has 0 amide bonds. The van der Waals surface area contributed by atoms with Crippen molar-refractivity contribution in [2.45, 2.75) is 89.9 Å². The molecule has 25 heavy (non-hydrogen) atoms. The smallest absolute Gasteiger partial charge is 0.206 e. The van der Waals surface area contributed by atoms with E-state index < -0.39 is 20.0 Å². The third-order valence-corrected chi connectivity index (χ3v) is 10.1. The Balaban J connectivity index is 2.01. The largest absolute Gasteiger partial charge is 0.251 e. The fraction of sp³-hybridized carbons (Fsp3) is 0.889. The Morgan fingerprint density at radius 1 is 0.520 bits per heavy atom. The van der Waals surface area contributed by atoms with Gasteiger partial charge in [-0.25, -0.2) is 16.8 Å². The molecule has 7 heteroatoms. The molecule has 0 spiro atoms. The first-order chi connectivity index (χ1) is 11.9. The van der Waals surface area contributed by atoms with Crippen LogP contribution in [0.2, 0.25) is 0 Å². The van der Waals surface area contributed by atoms with Gasteiger partial charge in [-0.15, -0.1) is 4.13 Å². The lowest BCUT2D eigenvalue weighted by Gasteiger charge is -2.24. The second kappa shape index (κ2) is 8.09. The topological polar surface area (TPSA) is 80.3 Å². The van der Waals surface area contributed by atoms with E-state index in [1.165, 1.54) is 12.8 Å². The van der Waals surface area contributed by atoms with E-state index in [-0.39, 0.29) is 21.6 Å². The quantitative estimate of drug-likeness (QED) is 0.768. The summed E-state index contributed by atoms with van der Waals surface area (Å²) in [7, 11) is -7.80. The van der Waals surface area contributed by atoms with Gasteiger partial charge in [0.1, 0.15) is 0 Å². The van der Waals surface area contributed by atoms with E-state index >= 15 is 0 Å². The summed E-state index contributed by atoms with van der Waals surface area (Å²) in [6, 6.07) is 0. The van der Waals surface area contributed by atoms with Crippen LogP contribution in [-0.4, -0.2) is 16.8 Å². The van der Waals surface area contributed by atoms with Crippen LogP contribution in [-0.2, 0) is 20.0 Å². The van der Waals surface area contributed by atoms with Crippen molar-refractivity contribution in [3.8, 4) is 0 Å². The summed E-state index contributed by atoms with van der Waals surface area (Å²) < 4.78 is 52.9. The second-order valence-electron chi connectivity index (χ2n) is 7.90. The molecule has 1 heterocycles. The van der Waals surface area contributed by atoms with Gasteiger partial charge in [0.2, 0.25) is 0 Å². The Labute approximate surface area is 152 Å². The van der Waals surface area contributed by atoms with Gasteiger partial charge in [-0.2, -0.15) is 0 Å². The van der Waals surface area contributed by atoms with Gasteiger partial charge in [-0.3, -0.25) is 0 Å². The summed E-state index contributed by atoms with van der Waals surface area (Å²) in [6.45, 7) is 0. The zero-order valence-electron chi connectivity index (χ0n) is 15.0. The normalized spacial score (nSPS) is 29.6. The fourth-order valence-corrected chi connectivity index (χ4v) is 9.52. The minimum atomic E-state index is -3.90. The standard InChI is InChI=1S/C18H31NO4S2/c20-24(21)17(15-11-7-3-1-4-8-12-15)18(25(22,23)19-24)16-13-9-5-2-6-10-14-16/h15-16,19H,1-14H2. The Kier molecular flexibility index (Phi) is 6.27. The first kappa shape index (κ1) is 19.4. The van der Waals surface area contributed by atoms with Crippen LogP contribution < -0.4 is 4.13 Å². The molecule has 3 aliphatic rings. The van der Waals surface area contributed by atoms with Crippen LogP contribution in [0.1, 0.15) is 89.9 Å². The summed E-state index contributed by atoms with van der Waals surface area (Å²) in [5.74, 6) is -0.258. The molecule has 2 aliphatic carbocycles. The molecule has 5 nitrogen and oxygen atoms in total. The lowest BCUT2D eigenvalue weighted by atomic mass is 9.86. The lowest BCUT2D eigenvalue weighted by molar-refractivity contribution is 0.407. The predicted octanol–water partition coefficient (Wildman–Crippen LogP) is 4.18. The summed E-state index contributed by atoms with van der Waals surface area (Å²) in [5.41, 5.74) is 0. The van der Waals surface area contributed by atoms with Gasteiger partial charge in [-0.05, 0) is 37.5 Å². The first-order valence-electron chi connectivity index (χ1n) is 9.94. The zero-order valence-corrected chi connectivity index (χ0v) is 16.6. The van der Waals surface area contributed by atoms with Gasteiger partial charge in [-0.1, -0.05) is 64.2 Å². The molecule has 0 aromatic rings. The highest BCUT2D eigenvalue weighted by Gasteiger charge is 2.46. The Bertz CT molecular complexity index is 633. The van der Waals surface area contributed by atoms with Crippen molar-refractivity contribution in [3.05, 3.63) is 9.81 Å². The molecule has 0 atom stereocenters. The first-order valence-corrected chi connectivity index (χ1v) is 12.9. The van der Waals surface area contributed by atoms with Crippen LogP contribution >= 0.6 is 0 Å². The summed E-state index contributed by atoms with van der Waals surface area (Å²) >= 11 is 0. The van der Waals surface area contributed by atoms with Gasteiger partial charge in [0.05, 0.1) is 9.81 Å². The van der Waals surface area contributed by atoms with E-state index in [4.69, 9.17) is 0 Å². The molecule has 0 bridgehead atoms. The molecular weight excluding hydrogens is 358 g/mol. The van der Waals surface area contributed by atoms with E-state index in [2.05, 4.69) is 0 Å². The van der Waals surface area contributed by atoms with Gasteiger partial charge < -0.3 is 0 Å². The van der Waals surface area contributed by atoms with Gasteiger partial charge in [0, 0.05) is 0 Å². The van der Waals surface area contributed by atoms with E-state index in [0.717, 1.165) is 77.0 Å². The Morgan fingerprint density at radius 3 is 1.12 bits per heavy atom. The van der Waals surface area contributed by atoms with Crippen molar-refractivity contribution in [3.63, 3.8) is 0 Å². The molecule has 1 aliphatic heterocycles. The molecule has 2 fully saturated rings. The highest BCUT2D eigenvalue weighted by Crippen LogP contribution is 2.43. The highest BCUT2D eigenvalue weighted by atomic mass is 32.3. The van der Waals surface area contributed by atoms with Gasteiger partial charge in [0.25, 0.3) is 20.0 Å². The molecular formula is C18H31NO4S2. The molecule has 2 saturated carbocycles. The zero-order chi connectivity index (χ0) is 17.9. The average molecular weight is 390 g/mol. The third kappa shape index (κ3) is 4.48. The minimum Gasteiger partial charge on any atom is -0.206 e. The molecule has 144 valence electrons. The van der Waals surface area contributed by atoms with E-state index in [1.54, 1.807) is 0 Å². The number of hydrogen-bond acceptors (Lipinski definition) is 4. The van der Waals surface area contributed by atoms with Crippen LogP contribution in [0.4, 0.5) is 0 Å². The van der Waals surface area contributed by atoms with Crippen molar-refractivity contribution < 1.29 is 16.8 Å². The van der Waals surface area contributed by atoms with Gasteiger partial charge in [0.15, 0.2) is 0 Å². The maximum atomic E-state index is 12.7. The van der Waals surface area contributed by atoms with Crippen LogP contribution in [0.5, 0.6) is 0 Å². The number of rotatable bonds is 2. The average Bonchev–Trinajstić information content (AvgIpc) is 2.63. The van der Waals surface area contributed by atoms with Gasteiger partial charge >= 0.3 is 0 Å². The maximum Gasteiger partial charge on any atom is 0.251 e. The van der Waals surface area contributed by atoms with Crippen LogP contribution in [0.25, 0.3) is 0 Å². The Morgan fingerprint density at radius 2 is 0.800 bits per heavy atom. The van der Waals surface area contributed by atoms with Crippen molar-refractivity contribution in [1.82, 2.24) is 4.13 Å². The SMILES string of the molecule is O=S1(=O)NS(=O)(=O)C(C2CCCCCCC2)=C1C1CCCCCCC1. The number of sulfonamides is 2. The number of hydrogen-bond donors (Lipinski definition) is 1. The molecule has 3 rings (SSSR count). The second-order valence-corrected chi connectivity index (χ2v) is 11.5. The molecule has 0 aromatic carbocycles. The Hall–Kier alpha value is -0.400. The van der Waals surface area contributed by atoms with Crippen LogP contribution in [0, 0.1) is 11.8 Å². The maximum absolute atomic E-state index is 12.7. The number of allylic oxidation sites excluding steroid dienone is 2. The monoisotopic (exact) mass is 389 g/mol. The van der Waals surface area contributed by atoms with Crippen molar-refractivity contribution >= 4 is 20.0 Å². The molecule has 0 unspecified atom stereocenters. The van der Waals surface area contributed by atoms with Crippen molar-refractivity contribution in [1.29, 1.82) is 0 Å². The highest BCUT2D eigenvalue weighted by molar-refractivity contribution is 8.11. The molecule has 0 saturated heterocycles. The van der Waals surface area contributed by atoms with Crippen LogP contribution in [0.3, 0.4) is 0 Å². The van der Waals surface area contributed by atoms with Crippen molar-refractivity contribution in [2.75, 3.05) is 0 Å². The predicted molar refractivity (Wildman–Crippen MR) is 99.6 cm³/mol. The van der Waals surface area contributed by atoms with E-state index in [9.17, 15) is 16.8 Å². The molecule has 1 N–H and O–H groups in total. The van der Waals surface area contributed by atoms with Crippen LogP contribution in [0.15, 0.2) is 9.81 Å². The summed E-state index contributed by atoms with van der Waals surface area (Å²) in [6.07, 6.45) is 14.0. The van der Waals surface area contributed by atoms with E-state index in [1.807, 2.05) is 4.13 Å². The van der Waals surface area contributed by atoms with Crippen molar-refractivity contribution in [2.24, 2.45) is 11.8 Å². The lowest BCUT2D eigenvalue weighted by Crippen LogP contribution is -2.26. The summed E-state index contributed by atoms with van der Waals surface area (Å²) in [4.78, 5) is 0.472. The number of nitrogens with one attached hydrogen (secondary N) is 1. The molecule has 0 aromatic heterocycles. The minimum absolute atomic E-state index is 0.129. The molecule has 0 radical (unpaired) electrons. The summed E-state index contributed by atoms with van der Waals surface area (Å²) in [5, 5.41) is 0. The fourth-order valence-electron chi connectivity index (χ4n) is 4.78. The van der Waals surface area contributed by atoms with E-state index in [0.29, 0.717) is 0 Å². The third-order valence-electron chi connectivity index (χ3n) is 5.99.